The van der Waals surface area contributed by atoms with Crippen LogP contribution in [-0.4, -0.2) is 35.2 Å². The molecule has 0 N–H and O–H groups in total. The number of aryl methyl sites for hydroxylation is 1. The molecule has 1 heterocycles. The van der Waals surface area contributed by atoms with Gasteiger partial charge in [0.25, 0.3) is 11.8 Å². The minimum absolute atomic E-state index is 0.0438. The van der Waals surface area contributed by atoms with Gasteiger partial charge in [0.2, 0.25) is 5.91 Å². The number of carbonyl (C=O) groups is 3. The molecule has 0 bridgehead atoms. The molecule has 35 heavy (non-hydrogen) atoms. The van der Waals surface area contributed by atoms with Gasteiger partial charge in [-0.2, -0.15) is 0 Å². The minimum atomic E-state index is -0.862. The van der Waals surface area contributed by atoms with E-state index in [2.05, 4.69) is 13.8 Å². The fourth-order valence-electron chi connectivity index (χ4n) is 4.42. The van der Waals surface area contributed by atoms with Crippen molar-refractivity contribution >= 4 is 35.0 Å². The number of hydrogen-bond acceptors (Lipinski definition) is 3. The predicted octanol–water partition coefficient (Wildman–Crippen LogP) is 5.79. The average Bonchev–Trinajstić information content (AvgIpc) is 3.12. The first-order valence-corrected chi connectivity index (χ1v) is 12.2. The van der Waals surface area contributed by atoms with Gasteiger partial charge in [0.15, 0.2) is 0 Å². The monoisotopic (exact) mass is 488 g/mol. The lowest BCUT2D eigenvalue weighted by atomic mass is 10.0. The Morgan fingerprint density at radius 1 is 1.03 bits per heavy atom. The Morgan fingerprint density at radius 3 is 2.40 bits per heavy atom. The van der Waals surface area contributed by atoms with Crippen molar-refractivity contribution in [1.82, 2.24) is 4.90 Å². The highest BCUT2D eigenvalue weighted by molar-refractivity contribution is 6.30. The standard InChI is InChI=1S/C29H29ClN2O3/c1-19(2)22-10-12-25(13-11-22)32-27(33)18-26(29(32)35)31(15-14-21-7-5-9-24(30)17-21)28(34)23-8-4-6-20(3)16-23/h4-13,16-17,19,26H,14-15,18H2,1-3H3. The van der Waals surface area contributed by atoms with Gasteiger partial charge in [-0.1, -0.05) is 67.4 Å². The van der Waals surface area contributed by atoms with Crippen LogP contribution in [0.3, 0.4) is 0 Å². The van der Waals surface area contributed by atoms with Crippen LogP contribution in [-0.2, 0) is 16.0 Å². The molecule has 3 amide bonds. The molecule has 0 aliphatic carbocycles. The number of imide groups is 1. The molecule has 0 aromatic heterocycles. The molecule has 3 aromatic carbocycles. The Hall–Kier alpha value is -3.44. The van der Waals surface area contributed by atoms with Crippen LogP contribution < -0.4 is 4.90 Å². The largest absolute Gasteiger partial charge is 0.326 e. The molecule has 1 aliphatic rings. The zero-order valence-corrected chi connectivity index (χ0v) is 21.0. The molecule has 1 aliphatic heterocycles. The molecule has 1 unspecified atom stereocenters. The van der Waals surface area contributed by atoms with E-state index in [1.54, 1.807) is 35.2 Å². The lowest BCUT2D eigenvalue weighted by Gasteiger charge is -2.28. The van der Waals surface area contributed by atoms with Crippen LogP contribution in [0.1, 0.15) is 53.2 Å². The van der Waals surface area contributed by atoms with Gasteiger partial charge in [-0.05, 0) is 66.8 Å². The van der Waals surface area contributed by atoms with Crippen molar-refractivity contribution in [2.45, 2.75) is 45.6 Å². The third-order valence-electron chi connectivity index (χ3n) is 6.37. The van der Waals surface area contributed by atoms with E-state index in [9.17, 15) is 14.4 Å². The van der Waals surface area contributed by atoms with Crippen LogP contribution in [0.15, 0.2) is 72.8 Å². The van der Waals surface area contributed by atoms with E-state index in [1.807, 2.05) is 49.4 Å². The number of carbonyl (C=O) groups excluding carboxylic acids is 3. The Balaban J connectivity index is 1.63. The second-order valence-electron chi connectivity index (χ2n) is 9.28. The molecule has 6 heteroatoms. The number of halogens is 1. The van der Waals surface area contributed by atoms with E-state index >= 15 is 0 Å². The zero-order chi connectivity index (χ0) is 25.1. The number of benzene rings is 3. The summed E-state index contributed by atoms with van der Waals surface area (Å²) >= 11 is 6.14. The highest BCUT2D eigenvalue weighted by Crippen LogP contribution is 2.28. The van der Waals surface area contributed by atoms with Crippen molar-refractivity contribution in [3.05, 3.63) is 100 Å². The fourth-order valence-corrected chi connectivity index (χ4v) is 4.64. The molecule has 0 saturated carbocycles. The highest BCUT2D eigenvalue weighted by atomic mass is 35.5. The van der Waals surface area contributed by atoms with Crippen LogP contribution in [0.5, 0.6) is 0 Å². The summed E-state index contributed by atoms with van der Waals surface area (Å²) in [7, 11) is 0. The molecule has 1 atom stereocenters. The van der Waals surface area contributed by atoms with Crippen molar-refractivity contribution in [2.24, 2.45) is 0 Å². The first kappa shape index (κ1) is 24.7. The summed E-state index contributed by atoms with van der Waals surface area (Å²) in [5.74, 6) is -0.601. The number of amides is 3. The maximum absolute atomic E-state index is 13.6. The summed E-state index contributed by atoms with van der Waals surface area (Å²) in [5.41, 5.74) is 4.06. The summed E-state index contributed by atoms with van der Waals surface area (Å²) in [4.78, 5) is 42.9. The molecule has 0 radical (unpaired) electrons. The summed E-state index contributed by atoms with van der Waals surface area (Å²) in [6, 6.07) is 21.3. The lowest BCUT2D eigenvalue weighted by molar-refractivity contribution is -0.122. The topological polar surface area (TPSA) is 57.7 Å². The molecular formula is C29H29ClN2O3. The normalized spacial score (nSPS) is 15.7. The lowest BCUT2D eigenvalue weighted by Crippen LogP contribution is -2.46. The van der Waals surface area contributed by atoms with E-state index in [0.29, 0.717) is 28.6 Å². The second kappa shape index (κ2) is 10.4. The smallest absolute Gasteiger partial charge is 0.257 e. The van der Waals surface area contributed by atoms with E-state index in [1.165, 1.54) is 4.90 Å². The third kappa shape index (κ3) is 5.46. The summed E-state index contributed by atoms with van der Waals surface area (Å²) < 4.78 is 0. The SMILES string of the molecule is Cc1cccc(C(=O)N(CCc2cccc(Cl)c2)C2CC(=O)N(c3ccc(C(C)C)cc3)C2=O)c1. The van der Waals surface area contributed by atoms with Gasteiger partial charge in [-0.3, -0.25) is 14.4 Å². The van der Waals surface area contributed by atoms with Crippen LogP contribution in [0.25, 0.3) is 0 Å². The Labute approximate surface area is 211 Å². The number of rotatable bonds is 7. The van der Waals surface area contributed by atoms with Crippen molar-refractivity contribution in [3.63, 3.8) is 0 Å². The Morgan fingerprint density at radius 2 is 1.74 bits per heavy atom. The van der Waals surface area contributed by atoms with E-state index in [4.69, 9.17) is 11.6 Å². The van der Waals surface area contributed by atoms with Crippen LogP contribution in [0.4, 0.5) is 5.69 Å². The maximum Gasteiger partial charge on any atom is 0.257 e. The summed E-state index contributed by atoms with van der Waals surface area (Å²) in [6.45, 7) is 6.38. The second-order valence-corrected chi connectivity index (χ2v) is 9.72. The van der Waals surface area contributed by atoms with Gasteiger partial charge < -0.3 is 4.90 Å². The molecule has 3 aromatic rings. The predicted molar refractivity (Wildman–Crippen MR) is 139 cm³/mol. The summed E-state index contributed by atoms with van der Waals surface area (Å²) in [5, 5.41) is 0.613. The molecule has 1 saturated heterocycles. The summed E-state index contributed by atoms with van der Waals surface area (Å²) in [6.07, 6.45) is 0.469. The molecule has 1 fully saturated rings. The minimum Gasteiger partial charge on any atom is -0.326 e. The molecule has 180 valence electrons. The van der Waals surface area contributed by atoms with E-state index in [-0.39, 0.29) is 30.7 Å². The Bertz CT molecular complexity index is 1250. The van der Waals surface area contributed by atoms with Gasteiger partial charge in [-0.15, -0.1) is 0 Å². The average molecular weight is 489 g/mol. The van der Waals surface area contributed by atoms with Crippen molar-refractivity contribution in [2.75, 3.05) is 11.4 Å². The quantitative estimate of drug-likeness (QED) is 0.395. The molecule has 5 nitrogen and oxygen atoms in total. The first-order valence-electron chi connectivity index (χ1n) is 11.8. The van der Waals surface area contributed by atoms with Crippen molar-refractivity contribution in [1.29, 1.82) is 0 Å². The van der Waals surface area contributed by atoms with Crippen LogP contribution >= 0.6 is 11.6 Å². The number of anilines is 1. The molecule has 0 spiro atoms. The van der Waals surface area contributed by atoms with Gasteiger partial charge in [0.05, 0.1) is 12.1 Å². The maximum atomic E-state index is 13.6. The van der Waals surface area contributed by atoms with E-state index < -0.39 is 6.04 Å². The number of nitrogens with zero attached hydrogens (tertiary/aromatic N) is 2. The van der Waals surface area contributed by atoms with Crippen LogP contribution in [0, 0.1) is 6.92 Å². The van der Waals surface area contributed by atoms with Gasteiger partial charge in [-0.25, -0.2) is 4.90 Å². The fraction of sp³-hybridized carbons (Fsp3) is 0.276. The van der Waals surface area contributed by atoms with Crippen LogP contribution in [0.2, 0.25) is 5.02 Å². The number of hydrogen-bond donors (Lipinski definition) is 0. The van der Waals surface area contributed by atoms with Crippen molar-refractivity contribution < 1.29 is 14.4 Å². The highest BCUT2D eigenvalue weighted by Gasteiger charge is 2.44. The molecule has 4 rings (SSSR count). The Kier molecular flexibility index (Phi) is 7.37. The van der Waals surface area contributed by atoms with E-state index in [0.717, 1.165) is 16.7 Å². The van der Waals surface area contributed by atoms with Gasteiger partial charge in [0.1, 0.15) is 6.04 Å². The van der Waals surface area contributed by atoms with Gasteiger partial charge >= 0.3 is 0 Å². The van der Waals surface area contributed by atoms with Crippen molar-refractivity contribution in [3.8, 4) is 0 Å². The third-order valence-corrected chi connectivity index (χ3v) is 6.61. The zero-order valence-electron chi connectivity index (χ0n) is 20.2. The first-order chi connectivity index (χ1) is 16.7. The van der Waals surface area contributed by atoms with Gasteiger partial charge in [0, 0.05) is 17.1 Å². The molecular weight excluding hydrogens is 460 g/mol.